The summed E-state index contributed by atoms with van der Waals surface area (Å²) in [5.74, 6) is -2.57. The zero-order chi connectivity index (χ0) is 19.6. The Bertz CT molecular complexity index is 983. The van der Waals surface area contributed by atoms with Gasteiger partial charge in [0.1, 0.15) is 29.3 Å². The Balaban J connectivity index is 1.81. The molecule has 0 aliphatic carbocycles. The highest BCUT2D eigenvalue weighted by molar-refractivity contribution is 8.00. The van der Waals surface area contributed by atoms with Crippen molar-refractivity contribution in [3.63, 3.8) is 0 Å². The molecule has 0 aliphatic heterocycles. The third kappa shape index (κ3) is 3.86. The third-order valence-electron chi connectivity index (χ3n) is 3.63. The quantitative estimate of drug-likeness (QED) is 0.612. The molecule has 0 saturated carbocycles. The molecule has 3 aromatic rings. The van der Waals surface area contributed by atoms with Crippen LogP contribution in [-0.2, 0) is 0 Å². The number of carbonyl (C=O) groups excluding carboxylic acids is 2. The van der Waals surface area contributed by atoms with E-state index in [1.165, 1.54) is 35.4 Å². The molecule has 1 aromatic carbocycles. The van der Waals surface area contributed by atoms with Gasteiger partial charge in [-0.2, -0.15) is 0 Å². The van der Waals surface area contributed by atoms with Crippen molar-refractivity contribution in [3.05, 3.63) is 52.6 Å². The van der Waals surface area contributed by atoms with Crippen molar-refractivity contribution in [1.29, 1.82) is 0 Å². The third-order valence-corrected chi connectivity index (χ3v) is 6.04. The van der Waals surface area contributed by atoms with Crippen molar-refractivity contribution in [2.24, 2.45) is 0 Å². The number of thiophene rings is 1. The van der Waals surface area contributed by atoms with Crippen LogP contribution in [0.5, 0.6) is 0 Å². The van der Waals surface area contributed by atoms with Gasteiger partial charge in [0.15, 0.2) is 0 Å². The number of thioether (sulfide) groups is 1. The number of rotatable bonds is 4. The van der Waals surface area contributed by atoms with Crippen molar-refractivity contribution in [2.45, 2.75) is 11.1 Å². The second kappa shape index (κ2) is 7.89. The maximum Gasteiger partial charge on any atom is 0.326 e. The van der Waals surface area contributed by atoms with Gasteiger partial charge in [-0.1, -0.05) is 11.2 Å². The highest BCUT2D eigenvalue weighted by Gasteiger charge is 2.24. The molecule has 10 heteroatoms. The van der Waals surface area contributed by atoms with Crippen LogP contribution in [0.25, 0.3) is 11.3 Å². The Morgan fingerprint density at radius 3 is 2.52 bits per heavy atom. The van der Waals surface area contributed by atoms with Crippen LogP contribution in [0.4, 0.5) is 19.3 Å². The Morgan fingerprint density at radius 1 is 1.22 bits per heavy atom. The number of nitrogens with zero attached hydrogens (tertiary/aromatic N) is 1. The van der Waals surface area contributed by atoms with Gasteiger partial charge >= 0.3 is 6.03 Å². The molecule has 140 valence electrons. The van der Waals surface area contributed by atoms with Gasteiger partial charge in [-0.25, -0.2) is 13.6 Å². The van der Waals surface area contributed by atoms with Crippen molar-refractivity contribution in [3.8, 4) is 11.3 Å². The summed E-state index contributed by atoms with van der Waals surface area (Å²) in [6, 6.07) is 3.80. The zero-order valence-corrected chi connectivity index (χ0v) is 15.8. The summed E-state index contributed by atoms with van der Waals surface area (Å²) in [5, 5.41) is 7.99. The van der Waals surface area contributed by atoms with Gasteiger partial charge in [-0.15, -0.1) is 23.1 Å². The molecule has 3 rings (SSSR count). The van der Waals surface area contributed by atoms with Crippen LogP contribution in [0.3, 0.4) is 0 Å². The number of urea groups is 1. The van der Waals surface area contributed by atoms with Gasteiger partial charge in [-0.3, -0.25) is 10.1 Å². The summed E-state index contributed by atoms with van der Waals surface area (Å²) in [7, 11) is 0. The number of nitrogens with one attached hydrogen (secondary N) is 2. The van der Waals surface area contributed by atoms with E-state index in [2.05, 4.69) is 10.5 Å². The fourth-order valence-corrected chi connectivity index (χ4v) is 4.40. The monoisotopic (exact) mass is 409 g/mol. The molecule has 0 saturated heterocycles. The van der Waals surface area contributed by atoms with Gasteiger partial charge in [0.05, 0.1) is 9.09 Å². The summed E-state index contributed by atoms with van der Waals surface area (Å²) in [4.78, 5) is 24.8. The number of hydrogen-bond acceptors (Lipinski definition) is 6. The number of benzene rings is 1. The molecular formula is C17H13F2N3O3S2. The Morgan fingerprint density at radius 2 is 1.93 bits per heavy atom. The van der Waals surface area contributed by atoms with Crippen molar-refractivity contribution < 1.29 is 22.9 Å². The average molecular weight is 409 g/mol. The first-order valence-electron chi connectivity index (χ1n) is 7.56. The number of amides is 3. The molecule has 0 fully saturated rings. The first-order chi connectivity index (χ1) is 12.9. The topological polar surface area (TPSA) is 84.2 Å². The van der Waals surface area contributed by atoms with Gasteiger partial charge in [-0.05, 0) is 30.9 Å². The van der Waals surface area contributed by atoms with Gasteiger partial charge < -0.3 is 9.84 Å². The summed E-state index contributed by atoms with van der Waals surface area (Å²) < 4.78 is 32.9. The maximum atomic E-state index is 13.6. The second-order valence-electron chi connectivity index (χ2n) is 5.31. The molecule has 0 unspecified atom stereocenters. The highest BCUT2D eigenvalue weighted by Crippen LogP contribution is 2.40. The van der Waals surface area contributed by atoms with E-state index in [0.717, 1.165) is 21.9 Å². The molecule has 0 bridgehead atoms. The fourth-order valence-electron chi connectivity index (χ4n) is 2.41. The summed E-state index contributed by atoms with van der Waals surface area (Å²) >= 11 is 2.62. The molecular weight excluding hydrogens is 396 g/mol. The second-order valence-corrected chi connectivity index (χ2v) is 7.41. The number of aromatic nitrogens is 1. The fraction of sp³-hybridized carbons (Fsp3) is 0.118. The molecule has 2 N–H and O–H groups in total. The van der Waals surface area contributed by atoms with Gasteiger partial charge in [0, 0.05) is 11.6 Å². The van der Waals surface area contributed by atoms with Crippen molar-refractivity contribution >= 4 is 40.7 Å². The number of para-hydroxylation sites is 1. The van der Waals surface area contributed by atoms with E-state index in [-0.39, 0.29) is 0 Å². The van der Waals surface area contributed by atoms with Crippen LogP contribution in [0.1, 0.15) is 15.2 Å². The van der Waals surface area contributed by atoms with Crippen LogP contribution in [0.2, 0.25) is 0 Å². The minimum atomic E-state index is -1.04. The molecule has 0 spiro atoms. The summed E-state index contributed by atoms with van der Waals surface area (Å²) in [6.07, 6.45) is 3.27. The van der Waals surface area contributed by atoms with Gasteiger partial charge in [0.2, 0.25) is 0 Å². The predicted molar refractivity (Wildman–Crippen MR) is 99.2 cm³/mol. The van der Waals surface area contributed by atoms with Crippen molar-refractivity contribution in [1.82, 2.24) is 10.5 Å². The first kappa shape index (κ1) is 19.1. The van der Waals surface area contributed by atoms with Crippen LogP contribution in [0, 0.1) is 18.6 Å². The lowest BCUT2D eigenvalue weighted by atomic mass is 10.1. The molecule has 27 heavy (non-hydrogen) atoms. The van der Waals surface area contributed by atoms with E-state index in [0.29, 0.717) is 16.1 Å². The largest absolute Gasteiger partial charge is 0.364 e. The molecule has 0 radical (unpaired) electrons. The van der Waals surface area contributed by atoms with Crippen LogP contribution in [-0.4, -0.2) is 23.4 Å². The Labute approximate surface area is 160 Å². The normalized spacial score (nSPS) is 10.7. The minimum absolute atomic E-state index is 0.293. The van der Waals surface area contributed by atoms with Crippen molar-refractivity contribution in [2.75, 3.05) is 11.6 Å². The standard InChI is InChI=1S/C17H13F2N3O3S2/c1-8-12(11-6-7-25-22-11)16(26-2)27-14(8)15(23)21-17(24)20-13-9(18)4-3-5-10(13)19/h3-7H,1-2H3,(H2,20,21,23,24). The lowest BCUT2D eigenvalue weighted by molar-refractivity contribution is 0.0970. The van der Waals surface area contributed by atoms with Gasteiger partial charge in [0.25, 0.3) is 5.91 Å². The lowest BCUT2D eigenvalue weighted by Crippen LogP contribution is -2.34. The zero-order valence-electron chi connectivity index (χ0n) is 14.1. The van der Waals surface area contributed by atoms with E-state index >= 15 is 0 Å². The number of anilines is 1. The maximum absolute atomic E-state index is 13.6. The molecule has 2 aromatic heterocycles. The van der Waals surface area contributed by atoms with Crippen LogP contribution in [0.15, 0.2) is 39.3 Å². The van der Waals surface area contributed by atoms with Crippen LogP contribution >= 0.6 is 23.1 Å². The lowest BCUT2D eigenvalue weighted by Gasteiger charge is -2.08. The molecule has 3 amide bonds. The molecule has 2 heterocycles. The summed E-state index contributed by atoms with van der Waals surface area (Å²) in [6.45, 7) is 1.73. The van der Waals surface area contributed by atoms with E-state index in [1.807, 2.05) is 11.6 Å². The Kier molecular flexibility index (Phi) is 5.57. The Hall–Kier alpha value is -2.72. The molecule has 6 nitrogen and oxygen atoms in total. The average Bonchev–Trinajstić information content (AvgIpc) is 3.25. The number of imide groups is 1. The predicted octanol–water partition coefficient (Wildman–Crippen LogP) is 4.67. The van der Waals surface area contributed by atoms with E-state index in [9.17, 15) is 18.4 Å². The number of carbonyl (C=O) groups is 2. The number of halogens is 2. The minimum Gasteiger partial charge on any atom is -0.364 e. The SMILES string of the molecule is CSc1sc(C(=O)NC(=O)Nc2c(F)cccc2F)c(C)c1-c1ccon1. The van der Waals surface area contributed by atoms with E-state index in [1.54, 1.807) is 13.0 Å². The van der Waals surface area contributed by atoms with Crippen LogP contribution < -0.4 is 10.6 Å². The molecule has 0 atom stereocenters. The molecule has 0 aliphatic rings. The van der Waals surface area contributed by atoms with E-state index in [4.69, 9.17) is 4.52 Å². The smallest absolute Gasteiger partial charge is 0.326 e. The van der Waals surface area contributed by atoms with E-state index < -0.39 is 29.3 Å². The summed E-state index contributed by atoms with van der Waals surface area (Å²) in [5.41, 5.74) is 1.32. The first-order valence-corrected chi connectivity index (χ1v) is 9.61. The highest BCUT2D eigenvalue weighted by atomic mass is 32.2. The number of hydrogen-bond donors (Lipinski definition) is 2.